The topological polar surface area (TPSA) is 166 Å². The highest BCUT2D eigenvalue weighted by Crippen LogP contribution is 2.38. The Morgan fingerprint density at radius 1 is 0.526 bits per heavy atom. The second-order valence-electron chi connectivity index (χ2n) is 19.3. The number of hydrogen-bond donors (Lipinski definition) is 0. The maximum atomic E-state index is 13.7. The molecule has 0 radical (unpaired) electrons. The lowest BCUT2D eigenvalue weighted by molar-refractivity contribution is -0.143. The molecule has 6 aromatic rings. The predicted molar refractivity (Wildman–Crippen MR) is 286 cm³/mol. The molecule has 6 aromatic carbocycles. The van der Waals surface area contributed by atoms with Crippen LogP contribution in [0.4, 0.5) is 11.4 Å². The fourth-order valence-corrected chi connectivity index (χ4v) is 9.18. The van der Waals surface area contributed by atoms with E-state index in [9.17, 15) is 33.6 Å². The Balaban J connectivity index is 0.745. The molecule has 0 aliphatic carbocycles. The minimum Gasteiger partial charge on any atom is -0.465 e. The van der Waals surface area contributed by atoms with Crippen molar-refractivity contribution in [2.24, 2.45) is 0 Å². The number of amides is 5. The lowest BCUT2D eigenvalue weighted by Crippen LogP contribution is -2.29. The Morgan fingerprint density at radius 2 is 0.974 bits per heavy atom. The van der Waals surface area contributed by atoms with Crippen molar-refractivity contribution in [3.05, 3.63) is 215 Å². The smallest absolute Gasteiger partial charge is 0.333 e. The molecule has 3 aliphatic rings. The third kappa shape index (κ3) is 11.2. The number of imide groups is 2. The number of rotatable bonds is 21. The van der Waals surface area contributed by atoms with Crippen molar-refractivity contribution in [3.8, 4) is 23.0 Å². The number of ether oxygens (including phenoxy) is 4. The molecule has 3 aliphatic heterocycles. The summed E-state index contributed by atoms with van der Waals surface area (Å²) >= 11 is 0. The molecule has 0 saturated carbocycles. The number of anilines is 2. The van der Waals surface area contributed by atoms with Gasteiger partial charge >= 0.3 is 11.9 Å². The first kappa shape index (κ1) is 51.7. The minimum absolute atomic E-state index is 0.0645. The molecule has 0 fully saturated rings. The van der Waals surface area contributed by atoms with Crippen LogP contribution >= 0.6 is 0 Å². The lowest BCUT2D eigenvalue weighted by Gasteiger charge is -2.26. The highest BCUT2D eigenvalue weighted by atomic mass is 16.5. The van der Waals surface area contributed by atoms with Gasteiger partial charge in [0.1, 0.15) is 23.0 Å². The summed E-state index contributed by atoms with van der Waals surface area (Å²) in [5, 5.41) is 0. The predicted octanol–water partition coefficient (Wildman–Crippen LogP) is 11.4. The molecule has 0 N–H and O–H groups in total. The van der Waals surface area contributed by atoms with E-state index >= 15 is 0 Å². The van der Waals surface area contributed by atoms with Crippen LogP contribution in [0.25, 0.3) is 0 Å². The summed E-state index contributed by atoms with van der Waals surface area (Å²) in [6.45, 7) is 14.2. The standard InChI is InChI=1S/C62H55N3O11/c1-39(2)61(72)74-36-33-42-13-21-46(22-14-42)65-58(69)52-30-28-50(38-54(52)60(65)71)76-48-25-17-44(18-26-48)62(4,5)43-15-23-47(24-16-43)75-49-27-29-51-53(37-49)59(70)64(57(51)68)45-19-11-41(12-20-45)32-35-73-56(67)9-7-6-8-34-63-40(3)10-31-55(63)66/h10-31,37-38H,1,3,6-9,32-36H2,2,4-5H3. The Morgan fingerprint density at radius 3 is 1.42 bits per heavy atom. The molecule has 14 nitrogen and oxygen atoms in total. The van der Waals surface area contributed by atoms with Crippen LogP contribution in [-0.4, -0.2) is 66.1 Å². The summed E-state index contributed by atoms with van der Waals surface area (Å²) in [5.41, 5.74) is 6.24. The van der Waals surface area contributed by atoms with E-state index in [0.717, 1.165) is 44.9 Å². The number of carbonyl (C=O) groups excluding carboxylic acids is 7. The summed E-state index contributed by atoms with van der Waals surface area (Å²) in [6.07, 6.45) is 6.64. The van der Waals surface area contributed by atoms with Crippen molar-refractivity contribution in [1.29, 1.82) is 0 Å². The Bertz CT molecular complexity index is 3320. The van der Waals surface area contributed by atoms with Crippen LogP contribution < -0.4 is 19.3 Å². The second-order valence-corrected chi connectivity index (χ2v) is 19.3. The largest absolute Gasteiger partial charge is 0.465 e. The van der Waals surface area contributed by atoms with Gasteiger partial charge in [-0.2, -0.15) is 0 Å². The number of nitrogens with zero attached hydrogens (tertiary/aromatic N) is 3. The zero-order valence-corrected chi connectivity index (χ0v) is 42.5. The Hall–Kier alpha value is -9.17. The van der Waals surface area contributed by atoms with Gasteiger partial charge in [-0.15, -0.1) is 0 Å². The van der Waals surface area contributed by atoms with Crippen LogP contribution in [0.15, 0.2) is 170 Å². The molecule has 0 bridgehead atoms. The van der Waals surface area contributed by atoms with Crippen molar-refractivity contribution in [3.63, 3.8) is 0 Å². The lowest BCUT2D eigenvalue weighted by atomic mass is 9.78. The zero-order chi connectivity index (χ0) is 53.7. The molecule has 0 unspecified atom stereocenters. The highest BCUT2D eigenvalue weighted by molar-refractivity contribution is 6.35. The molecule has 0 aromatic heterocycles. The van der Waals surface area contributed by atoms with Crippen molar-refractivity contribution in [2.75, 3.05) is 29.6 Å². The van der Waals surface area contributed by atoms with Crippen molar-refractivity contribution >= 4 is 52.8 Å². The number of carbonyl (C=O) groups is 7. The van der Waals surface area contributed by atoms with Gasteiger partial charge < -0.3 is 23.8 Å². The van der Waals surface area contributed by atoms with Gasteiger partial charge in [0, 0.05) is 48.6 Å². The molecule has 76 heavy (non-hydrogen) atoms. The highest BCUT2D eigenvalue weighted by Gasteiger charge is 2.38. The van der Waals surface area contributed by atoms with Crippen LogP contribution in [0.1, 0.15) is 110 Å². The van der Waals surface area contributed by atoms with Gasteiger partial charge in [0.15, 0.2) is 0 Å². The average molecular weight is 1020 g/mol. The molecule has 0 atom stereocenters. The average Bonchev–Trinajstić information content (AvgIpc) is 4.01. The number of esters is 2. The number of fused-ring (bicyclic) bond motifs is 2. The van der Waals surface area contributed by atoms with E-state index < -0.39 is 35.0 Å². The van der Waals surface area contributed by atoms with Crippen molar-refractivity contribution < 1.29 is 52.5 Å². The van der Waals surface area contributed by atoms with Gasteiger partial charge in [0.05, 0.1) is 46.8 Å². The van der Waals surface area contributed by atoms with E-state index in [-0.39, 0.29) is 47.3 Å². The van der Waals surface area contributed by atoms with Crippen LogP contribution in [-0.2, 0) is 42.1 Å². The van der Waals surface area contributed by atoms with Gasteiger partial charge in [-0.1, -0.05) is 82.0 Å². The van der Waals surface area contributed by atoms with Crippen molar-refractivity contribution in [2.45, 2.75) is 64.7 Å². The van der Waals surface area contributed by atoms with Crippen LogP contribution in [0.3, 0.4) is 0 Å². The number of hydrogen-bond acceptors (Lipinski definition) is 11. The van der Waals surface area contributed by atoms with Gasteiger partial charge in [0.25, 0.3) is 29.5 Å². The first-order valence-corrected chi connectivity index (χ1v) is 25.0. The maximum absolute atomic E-state index is 13.7. The number of unbranched alkanes of at least 4 members (excludes halogenated alkanes) is 2. The third-order valence-corrected chi connectivity index (χ3v) is 13.6. The van der Waals surface area contributed by atoms with Gasteiger partial charge in [-0.25, -0.2) is 14.6 Å². The van der Waals surface area contributed by atoms with E-state index in [2.05, 4.69) is 27.0 Å². The molecular formula is C62H55N3O11. The quantitative estimate of drug-likeness (QED) is 0.0291. The van der Waals surface area contributed by atoms with E-state index in [4.69, 9.17) is 18.9 Å². The number of benzene rings is 6. The molecule has 14 heteroatoms. The van der Waals surface area contributed by atoms with E-state index in [1.165, 1.54) is 6.08 Å². The van der Waals surface area contributed by atoms with E-state index in [0.29, 0.717) is 77.9 Å². The first-order valence-electron chi connectivity index (χ1n) is 25.0. The summed E-state index contributed by atoms with van der Waals surface area (Å²) < 4.78 is 23.0. The number of allylic oxidation sites excluding steroid dienone is 1. The van der Waals surface area contributed by atoms with Crippen molar-refractivity contribution in [1.82, 2.24) is 4.90 Å². The van der Waals surface area contributed by atoms with Crippen LogP contribution in [0.5, 0.6) is 23.0 Å². The fraction of sp³-hybridized carbons (Fsp3) is 0.210. The van der Waals surface area contributed by atoms with E-state index in [1.54, 1.807) is 103 Å². The van der Waals surface area contributed by atoms with Gasteiger partial charge in [-0.3, -0.25) is 28.8 Å². The summed E-state index contributed by atoms with van der Waals surface area (Å²) in [5.74, 6) is -0.696. The maximum Gasteiger partial charge on any atom is 0.333 e. The Labute approximate surface area is 440 Å². The van der Waals surface area contributed by atoms with Gasteiger partial charge in [0.2, 0.25) is 0 Å². The van der Waals surface area contributed by atoms with E-state index in [1.807, 2.05) is 48.5 Å². The first-order chi connectivity index (χ1) is 36.5. The summed E-state index contributed by atoms with van der Waals surface area (Å²) in [4.78, 5) is 93.8. The molecule has 384 valence electrons. The SMILES string of the molecule is C=C(C)C(=O)OCCc1ccc(N2C(=O)c3ccc(Oc4ccc(C(C)(C)c5ccc(Oc6ccc7c(c6)C(=O)N(c6ccc(CCOC(=O)CCCCCN8C(=C)C=CC8=O)cc6)C7=O)cc5)cc4)cc3C2=O)cc1. The summed E-state index contributed by atoms with van der Waals surface area (Å²) in [6, 6.07) is 39.0. The molecule has 3 heterocycles. The Kier molecular flexibility index (Phi) is 15.1. The summed E-state index contributed by atoms with van der Waals surface area (Å²) in [7, 11) is 0. The normalized spacial score (nSPS) is 13.9. The zero-order valence-electron chi connectivity index (χ0n) is 42.5. The van der Waals surface area contributed by atoms with Crippen LogP contribution in [0, 0.1) is 0 Å². The molecular weight excluding hydrogens is 963 g/mol. The third-order valence-electron chi connectivity index (χ3n) is 13.6. The molecule has 9 rings (SSSR count). The minimum atomic E-state index is -0.460. The van der Waals surface area contributed by atoms with Gasteiger partial charge in [-0.05, 0) is 133 Å². The molecule has 0 spiro atoms. The monoisotopic (exact) mass is 1020 g/mol. The van der Waals surface area contributed by atoms with Crippen LogP contribution in [0.2, 0.25) is 0 Å². The molecule has 5 amide bonds. The molecule has 0 saturated heterocycles. The second kappa shape index (κ2) is 22.1. The fourth-order valence-electron chi connectivity index (χ4n) is 9.18.